The summed E-state index contributed by atoms with van der Waals surface area (Å²) in [5.74, 6) is -0.530. The number of nitrogens with zero attached hydrogens (tertiary/aromatic N) is 2. The number of amides is 2. The molecule has 33 heavy (non-hydrogen) atoms. The Bertz CT molecular complexity index is 1160. The number of hydrogen-bond acceptors (Lipinski definition) is 4. The van der Waals surface area contributed by atoms with Crippen LogP contribution in [-0.4, -0.2) is 21.8 Å². The Balaban J connectivity index is 1.56. The molecule has 170 valence electrons. The molecule has 4 rings (SSSR count). The molecule has 2 N–H and O–H groups in total. The van der Waals surface area contributed by atoms with Gasteiger partial charge in [0.25, 0.3) is 5.91 Å². The van der Waals surface area contributed by atoms with Gasteiger partial charge in [-0.25, -0.2) is 4.98 Å². The van der Waals surface area contributed by atoms with Gasteiger partial charge < -0.3 is 10.6 Å². The van der Waals surface area contributed by atoms with Crippen molar-refractivity contribution in [1.82, 2.24) is 9.97 Å². The molecule has 1 aromatic heterocycles. The lowest BCUT2D eigenvalue weighted by Gasteiger charge is -2.29. The summed E-state index contributed by atoms with van der Waals surface area (Å²) in [4.78, 5) is 33.8. The molecule has 0 aliphatic heterocycles. The molecule has 2 aromatic carbocycles. The van der Waals surface area contributed by atoms with Gasteiger partial charge in [0, 0.05) is 23.6 Å². The Kier molecular flexibility index (Phi) is 6.13. The molecule has 0 spiro atoms. The van der Waals surface area contributed by atoms with Crippen LogP contribution in [-0.2, 0) is 16.4 Å². The van der Waals surface area contributed by atoms with Gasteiger partial charge in [-0.3, -0.25) is 14.6 Å². The first-order chi connectivity index (χ1) is 15.8. The summed E-state index contributed by atoms with van der Waals surface area (Å²) in [7, 11) is 0. The minimum Gasteiger partial charge on any atom is -0.325 e. The first-order valence-electron chi connectivity index (χ1n) is 10.4. The molecule has 0 saturated heterocycles. The number of carbonyl (C=O) groups is 2. The predicted molar refractivity (Wildman–Crippen MR) is 117 cm³/mol. The van der Waals surface area contributed by atoms with E-state index in [0.717, 1.165) is 25.0 Å². The number of hydrogen-bond donors (Lipinski definition) is 2. The summed E-state index contributed by atoms with van der Waals surface area (Å²) in [6.45, 7) is 0. The second kappa shape index (κ2) is 9.01. The molecule has 1 aliphatic rings. The van der Waals surface area contributed by atoms with Crippen LogP contribution in [0.15, 0.2) is 67.1 Å². The van der Waals surface area contributed by atoms with E-state index in [9.17, 15) is 22.8 Å². The normalized spacial score (nSPS) is 15.1. The number of aromatic nitrogens is 2. The van der Waals surface area contributed by atoms with Gasteiger partial charge in [0.1, 0.15) is 0 Å². The lowest BCUT2D eigenvalue weighted by Crippen LogP contribution is -2.38. The van der Waals surface area contributed by atoms with E-state index in [-0.39, 0.29) is 17.3 Å². The maximum Gasteiger partial charge on any atom is 0.416 e. The van der Waals surface area contributed by atoms with E-state index in [0.29, 0.717) is 24.1 Å². The number of benzene rings is 2. The summed E-state index contributed by atoms with van der Waals surface area (Å²) in [5.41, 5.74) is -0.812. The predicted octanol–water partition coefficient (Wildman–Crippen LogP) is 5.20. The molecular formula is C24H21F3N4O2. The molecular weight excluding hydrogens is 433 g/mol. The van der Waals surface area contributed by atoms with Gasteiger partial charge in [0.15, 0.2) is 5.82 Å². The third-order valence-electron chi connectivity index (χ3n) is 5.82. The molecule has 3 aromatic rings. The van der Waals surface area contributed by atoms with Gasteiger partial charge in [-0.05, 0) is 42.7 Å². The number of alkyl halides is 3. The van der Waals surface area contributed by atoms with E-state index in [2.05, 4.69) is 20.6 Å². The third-order valence-corrected chi connectivity index (χ3v) is 5.82. The molecule has 0 atom stereocenters. The second-order valence-corrected chi connectivity index (χ2v) is 7.95. The number of anilines is 2. The molecule has 0 bridgehead atoms. The van der Waals surface area contributed by atoms with Gasteiger partial charge >= 0.3 is 6.18 Å². The standard InChI is InChI=1S/C24H21F3N4O2/c25-24(26,27)18-7-4-6-17(14-18)23(9-1-2-10-23)22(33)30-19-8-3-5-16(13-19)21(32)31-20-15-28-11-12-29-20/h3-8,11-15H,1-2,9-10H2,(H,30,33)(H,29,31,32). The van der Waals surface area contributed by atoms with Crippen LogP contribution in [0.3, 0.4) is 0 Å². The summed E-state index contributed by atoms with van der Waals surface area (Å²) >= 11 is 0. The van der Waals surface area contributed by atoms with Crippen LogP contribution in [0.1, 0.15) is 47.2 Å². The Morgan fingerprint density at radius 2 is 1.70 bits per heavy atom. The Morgan fingerprint density at radius 1 is 0.939 bits per heavy atom. The fraction of sp³-hybridized carbons (Fsp3) is 0.250. The molecule has 1 fully saturated rings. The van der Waals surface area contributed by atoms with Crippen molar-refractivity contribution >= 4 is 23.3 Å². The molecule has 2 amide bonds. The molecule has 1 aliphatic carbocycles. The number of halogens is 3. The zero-order chi connectivity index (χ0) is 23.5. The van der Waals surface area contributed by atoms with Crippen LogP contribution in [0.5, 0.6) is 0 Å². The van der Waals surface area contributed by atoms with Gasteiger partial charge in [0.2, 0.25) is 5.91 Å². The first kappa shape index (κ1) is 22.4. The summed E-state index contributed by atoms with van der Waals surface area (Å²) in [5, 5.41) is 5.43. The largest absolute Gasteiger partial charge is 0.416 e. The van der Waals surface area contributed by atoms with E-state index in [1.165, 1.54) is 30.7 Å². The zero-order valence-electron chi connectivity index (χ0n) is 17.5. The van der Waals surface area contributed by atoms with Crippen LogP contribution < -0.4 is 10.6 Å². The van der Waals surface area contributed by atoms with Gasteiger partial charge in [-0.2, -0.15) is 13.2 Å². The fourth-order valence-electron chi connectivity index (χ4n) is 4.16. The Labute approximate surface area is 188 Å². The highest BCUT2D eigenvalue weighted by atomic mass is 19.4. The summed E-state index contributed by atoms with van der Waals surface area (Å²) in [6.07, 6.45) is 2.23. The average Bonchev–Trinajstić information content (AvgIpc) is 3.31. The van der Waals surface area contributed by atoms with Crippen molar-refractivity contribution in [2.45, 2.75) is 37.3 Å². The minimum atomic E-state index is -4.49. The van der Waals surface area contributed by atoms with Crippen molar-refractivity contribution in [3.05, 3.63) is 83.8 Å². The van der Waals surface area contributed by atoms with Crippen molar-refractivity contribution in [2.75, 3.05) is 10.6 Å². The molecule has 0 radical (unpaired) electrons. The quantitative estimate of drug-likeness (QED) is 0.555. The van der Waals surface area contributed by atoms with E-state index >= 15 is 0 Å². The Hall–Kier alpha value is -3.75. The first-order valence-corrected chi connectivity index (χ1v) is 10.4. The smallest absolute Gasteiger partial charge is 0.325 e. The maximum atomic E-state index is 13.4. The molecule has 1 saturated carbocycles. The highest BCUT2D eigenvalue weighted by molar-refractivity contribution is 6.05. The van der Waals surface area contributed by atoms with Gasteiger partial charge in [-0.1, -0.05) is 37.1 Å². The van der Waals surface area contributed by atoms with Crippen LogP contribution in [0.4, 0.5) is 24.7 Å². The van der Waals surface area contributed by atoms with Crippen molar-refractivity contribution in [3.63, 3.8) is 0 Å². The van der Waals surface area contributed by atoms with Crippen molar-refractivity contribution in [3.8, 4) is 0 Å². The SMILES string of the molecule is O=C(Nc1cnccn1)c1cccc(NC(=O)C2(c3cccc(C(F)(F)F)c3)CCCC2)c1. The lowest BCUT2D eigenvalue weighted by molar-refractivity contribution is -0.137. The molecule has 1 heterocycles. The van der Waals surface area contributed by atoms with Crippen molar-refractivity contribution in [1.29, 1.82) is 0 Å². The van der Waals surface area contributed by atoms with E-state index < -0.39 is 23.1 Å². The summed E-state index contributed by atoms with van der Waals surface area (Å²) in [6, 6.07) is 11.3. The number of nitrogens with one attached hydrogen (secondary N) is 2. The van der Waals surface area contributed by atoms with Gasteiger partial charge in [0.05, 0.1) is 17.2 Å². The highest BCUT2D eigenvalue weighted by Crippen LogP contribution is 2.43. The van der Waals surface area contributed by atoms with E-state index in [1.807, 2.05) is 0 Å². The maximum absolute atomic E-state index is 13.4. The monoisotopic (exact) mass is 454 g/mol. The van der Waals surface area contributed by atoms with Crippen LogP contribution in [0.25, 0.3) is 0 Å². The van der Waals surface area contributed by atoms with E-state index in [1.54, 1.807) is 24.3 Å². The van der Waals surface area contributed by atoms with Crippen molar-refractivity contribution < 1.29 is 22.8 Å². The minimum absolute atomic E-state index is 0.284. The number of carbonyl (C=O) groups excluding carboxylic acids is 2. The zero-order valence-corrected chi connectivity index (χ0v) is 17.5. The lowest BCUT2D eigenvalue weighted by atomic mass is 9.77. The van der Waals surface area contributed by atoms with Crippen LogP contribution in [0.2, 0.25) is 0 Å². The van der Waals surface area contributed by atoms with Crippen LogP contribution in [0, 0.1) is 0 Å². The molecule has 9 heteroatoms. The fourth-order valence-corrected chi connectivity index (χ4v) is 4.16. The third kappa shape index (κ3) is 4.87. The van der Waals surface area contributed by atoms with Crippen LogP contribution >= 0.6 is 0 Å². The summed E-state index contributed by atoms with van der Waals surface area (Å²) < 4.78 is 39.8. The topological polar surface area (TPSA) is 84.0 Å². The molecule has 6 nitrogen and oxygen atoms in total. The molecule has 0 unspecified atom stereocenters. The second-order valence-electron chi connectivity index (χ2n) is 7.95. The highest BCUT2D eigenvalue weighted by Gasteiger charge is 2.44. The number of rotatable bonds is 5. The average molecular weight is 454 g/mol. The van der Waals surface area contributed by atoms with Crippen molar-refractivity contribution in [2.24, 2.45) is 0 Å². The van der Waals surface area contributed by atoms with Gasteiger partial charge in [-0.15, -0.1) is 0 Å². The Morgan fingerprint density at radius 3 is 2.39 bits per heavy atom. The van der Waals surface area contributed by atoms with E-state index in [4.69, 9.17) is 0 Å².